The maximum absolute atomic E-state index is 9.92. The van der Waals surface area contributed by atoms with Crippen LogP contribution >= 0.6 is 11.6 Å². The lowest BCUT2D eigenvalue weighted by Gasteiger charge is -2.12. The van der Waals surface area contributed by atoms with E-state index in [9.17, 15) is 10.2 Å². The van der Waals surface area contributed by atoms with Crippen molar-refractivity contribution in [2.75, 3.05) is 11.9 Å². The number of benzene rings is 1. The van der Waals surface area contributed by atoms with Gasteiger partial charge in [0, 0.05) is 12.7 Å². The summed E-state index contributed by atoms with van der Waals surface area (Å²) in [4.78, 5) is 12.7. The van der Waals surface area contributed by atoms with Crippen molar-refractivity contribution in [1.82, 2.24) is 19.5 Å². The lowest BCUT2D eigenvalue weighted by atomic mass is 10.2. The van der Waals surface area contributed by atoms with Crippen molar-refractivity contribution in [1.29, 1.82) is 0 Å². The number of phenols is 2. The van der Waals surface area contributed by atoms with Gasteiger partial charge in [0.15, 0.2) is 17.0 Å². The maximum Gasteiger partial charge on any atom is 0.226 e. The van der Waals surface area contributed by atoms with E-state index in [1.54, 1.807) is 6.33 Å². The van der Waals surface area contributed by atoms with E-state index in [-0.39, 0.29) is 28.7 Å². The Labute approximate surface area is 141 Å². The zero-order chi connectivity index (χ0) is 16.7. The third kappa shape index (κ3) is 2.59. The van der Waals surface area contributed by atoms with Gasteiger partial charge < -0.3 is 20.3 Å². The molecule has 1 fully saturated rings. The van der Waals surface area contributed by atoms with Crippen LogP contribution in [0.4, 0.5) is 11.5 Å². The molecule has 3 aromatic rings. The first-order chi connectivity index (χ1) is 11.6. The molecule has 0 amide bonds. The molecular formula is C15H14ClN5O3. The van der Waals surface area contributed by atoms with Crippen molar-refractivity contribution in [3.05, 3.63) is 29.8 Å². The molecule has 8 nitrogen and oxygen atoms in total. The first-order valence-electron chi connectivity index (χ1n) is 7.42. The van der Waals surface area contributed by atoms with E-state index in [0.29, 0.717) is 23.6 Å². The summed E-state index contributed by atoms with van der Waals surface area (Å²) in [6.45, 7) is 0.700. The van der Waals surface area contributed by atoms with E-state index < -0.39 is 0 Å². The fraction of sp³-hybridized carbons (Fsp3) is 0.267. The van der Waals surface area contributed by atoms with Gasteiger partial charge in [-0.2, -0.15) is 9.97 Å². The molecule has 4 rings (SSSR count). The molecule has 24 heavy (non-hydrogen) atoms. The van der Waals surface area contributed by atoms with Crippen LogP contribution in [0.25, 0.3) is 11.2 Å². The van der Waals surface area contributed by atoms with Gasteiger partial charge in [-0.1, -0.05) is 0 Å². The first kappa shape index (κ1) is 15.0. The van der Waals surface area contributed by atoms with Gasteiger partial charge >= 0.3 is 0 Å². The Morgan fingerprint density at radius 1 is 1.29 bits per heavy atom. The monoisotopic (exact) mass is 347 g/mol. The van der Waals surface area contributed by atoms with Gasteiger partial charge in [-0.25, -0.2) is 4.98 Å². The number of anilines is 2. The van der Waals surface area contributed by atoms with Gasteiger partial charge in [-0.3, -0.25) is 4.57 Å². The predicted octanol–water partition coefficient (Wildman–Crippen LogP) is 2.94. The SMILES string of the molecule is Oc1ccc(O)c(Nc2nc(Cl)nc3c2ncn3C2CCCO2)c1. The Kier molecular flexibility index (Phi) is 3.62. The van der Waals surface area contributed by atoms with Crippen molar-refractivity contribution in [2.45, 2.75) is 19.1 Å². The summed E-state index contributed by atoms with van der Waals surface area (Å²) in [6, 6.07) is 4.14. The quantitative estimate of drug-likeness (QED) is 0.380. The lowest BCUT2D eigenvalue weighted by molar-refractivity contribution is 0.0593. The third-order valence-corrected chi connectivity index (χ3v) is 4.01. The summed E-state index contributed by atoms with van der Waals surface area (Å²) in [7, 11) is 0. The standard InChI is InChI=1S/C15H14ClN5O3/c16-15-19-13(18-9-6-8(22)3-4-10(9)23)12-14(20-15)21(7-17-12)11-2-1-5-24-11/h3-4,6-7,11,22-23H,1-2,5H2,(H,18,19,20). The largest absolute Gasteiger partial charge is 0.508 e. The van der Waals surface area contributed by atoms with Crippen LogP contribution in [0.1, 0.15) is 19.1 Å². The number of fused-ring (bicyclic) bond motifs is 1. The number of phenolic OH excluding ortho intramolecular Hbond substituents is 2. The van der Waals surface area contributed by atoms with Crippen LogP contribution in [-0.4, -0.2) is 36.3 Å². The van der Waals surface area contributed by atoms with Crippen LogP contribution in [0.15, 0.2) is 24.5 Å². The molecule has 0 radical (unpaired) electrons. The average molecular weight is 348 g/mol. The number of aromatic nitrogens is 4. The van der Waals surface area contributed by atoms with E-state index in [4.69, 9.17) is 16.3 Å². The van der Waals surface area contributed by atoms with Crippen molar-refractivity contribution in [2.24, 2.45) is 0 Å². The van der Waals surface area contributed by atoms with Gasteiger partial charge in [0.05, 0.1) is 12.0 Å². The Morgan fingerprint density at radius 2 is 2.17 bits per heavy atom. The van der Waals surface area contributed by atoms with E-state index in [1.165, 1.54) is 18.2 Å². The molecule has 1 atom stereocenters. The van der Waals surface area contributed by atoms with Crippen LogP contribution in [0.5, 0.6) is 11.5 Å². The number of halogens is 1. The number of hydrogen-bond acceptors (Lipinski definition) is 7. The molecule has 3 heterocycles. The highest BCUT2D eigenvalue weighted by Crippen LogP contribution is 2.33. The highest BCUT2D eigenvalue weighted by molar-refractivity contribution is 6.28. The number of nitrogens with one attached hydrogen (secondary N) is 1. The van der Waals surface area contributed by atoms with Gasteiger partial charge in [0.2, 0.25) is 5.28 Å². The van der Waals surface area contributed by atoms with Crippen molar-refractivity contribution >= 4 is 34.3 Å². The van der Waals surface area contributed by atoms with Gasteiger partial charge in [-0.05, 0) is 36.6 Å². The second-order valence-electron chi connectivity index (χ2n) is 5.46. The minimum atomic E-state index is -0.122. The zero-order valence-corrected chi connectivity index (χ0v) is 13.2. The maximum atomic E-state index is 9.92. The van der Waals surface area contributed by atoms with E-state index in [1.807, 2.05) is 4.57 Å². The third-order valence-electron chi connectivity index (χ3n) is 3.84. The highest BCUT2D eigenvalue weighted by atomic mass is 35.5. The molecule has 1 aliphatic rings. The zero-order valence-electron chi connectivity index (χ0n) is 12.5. The van der Waals surface area contributed by atoms with Crippen LogP contribution in [0.3, 0.4) is 0 Å². The summed E-state index contributed by atoms with van der Waals surface area (Å²) in [6.07, 6.45) is 3.37. The number of aromatic hydroxyl groups is 2. The van der Waals surface area contributed by atoms with Crippen molar-refractivity contribution in [3.63, 3.8) is 0 Å². The van der Waals surface area contributed by atoms with Crippen LogP contribution in [0.2, 0.25) is 5.28 Å². The summed E-state index contributed by atoms with van der Waals surface area (Å²) in [5.41, 5.74) is 1.33. The minimum Gasteiger partial charge on any atom is -0.508 e. The van der Waals surface area contributed by atoms with Crippen molar-refractivity contribution < 1.29 is 14.9 Å². The lowest BCUT2D eigenvalue weighted by Crippen LogP contribution is -2.07. The predicted molar refractivity (Wildman–Crippen MR) is 87.6 cm³/mol. The summed E-state index contributed by atoms with van der Waals surface area (Å²) in [5.74, 6) is 0.313. The van der Waals surface area contributed by atoms with Crippen LogP contribution < -0.4 is 5.32 Å². The fourth-order valence-electron chi connectivity index (χ4n) is 2.72. The Morgan fingerprint density at radius 3 is 2.96 bits per heavy atom. The Balaban J connectivity index is 1.79. The van der Waals surface area contributed by atoms with Gasteiger partial charge in [0.25, 0.3) is 0 Å². The summed E-state index contributed by atoms with van der Waals surface area (Å²) in [5, 5.41) is 22.5. The van der Waals surface area contributed by atoms with Crippen molar-refractivity contribution in [3.8, 4) is 11.5 Å². The molecule has 1 unspecified atom stereocenters. The van der Waals surface area contributed by atoms with Crippen LogP contribution in [0, 0.1) is 0 Å². The molecule has 1 aromatic carbocycles. The molecule has 0 aliphatic carbocycles. The first-order valence-corrected chi connectivity index (χ1v) is 7.80. The number of ether oxygens (including phenoxy) is 1. The molecule has 124 valence electrons. The molecule has 1 saturated heterocycles. The van der Waals surface area contributed by atoms with E-state index >= 15 is 0 Å². The Hall–Kier alpha value is -2.58. The van der Waals surface area contributed by atoms with E-state index in [0.717, 1.165) is 12.8 Å². The fourth-order valence-corrected chi connectivity index (χ4v) is 2.88. The number of rotatable bonds is 3. The molecule has 3 N–H and O–H groups in total. The molecule has 2 aromatic heterocycles. The minimum absolute atomic E-state index is 0.0107. The number of nitrogens with zero attached hydrogens (tertiary/aromatic N) is 4. The summed E-state index contributed by atoms with van der Waals surface area (Å²) < 4.78 is 7.49. The smallest absolute Gasteiger partial charge is 0.226 e. The molecule has 1 aliphatic heterocycles. The van der Waals surface area contributed by atoms with E-state index in [2.05, 4.69) is 20.3 Å². The topological polar surface area (TPSA) is 105 Å². The molecule has 0 saturated carbocycles. The normalized spacial score (nSPS) is 17.5. The summed E-state index contributed by atoms with van der Waals surface area (Å²) >= 11 is 6.04. The highest BCUT2D eigenvalue weighted by Gasteiger charge is 2.22. The number of hydrogen-bond donors (Lipinski definition) is 3. The molecular weight excluding hydrogens is 334 g/mol. The number of imidazole rings is 1. The average Bonchev–Trinajstić information content (AvgIpc) is 3.19. The van der Waals surface area contributed by atoms with Gasteiger partial charge in [-0.15, -0.1) is 0 Å². The molecule has 0 bridgehead atoms. The van der Waals surface area contributed by atoms with Crippen LogP contribution in [-0.2, 0) is 4.74 Å². The molecule has 9 heteroatoms. The second kappa shape index (κ2) is 5.81. The second-order valence-corrected chi connectivity index (χ2v) is 5.80. The van der Waals surface area contributed by atoms with Gasteiger partial charge in [0.1, 0.15) is 17.7 Å². The molecule has 0 spiro atoms. The Bertz CT molecular complexity index is 908.